The summed E-state index contributed by atoms with van der Waals surface area (Å²) >= 11 is 0. The Labute approximate surface area is 114 Å². The van der Waals surface area contributed by atoms with Crippen LogP contribution in [0.3, 0.4) is 0 Å². The van der Waals surface area contributed by atoms with Crippen LogP contribution < -0.4 is 10.1 Å². The van der Waals surface area contributed by atoms with Crippen molar-refractivity contribution in [2.24, 2.45) is 0 Å². The SMILES string of the molecule is COc1c(C(=O)C2CC(OC)CN2)ccc(C)c1C. The highest BCUT2D eigenvalue weighted by atomic mass is 16.5. The van der Waals surface area contributed by atoms with Gasteiger partial charge in [0.1, 0.15) is 5.75 Å². The van der Waals surface area contributed by atoms with E-state index >= 15 is 0 Å². The maximum atomic E-state index is 12.6. The Morgan fingerprint density at radius 2 is 2.05 bits per heavy atom. The van der Waals surface area contributed by atoms with E-state index in [1.54, 1.807) is 14.2 Å². The minimum atomic E-state index is -0.180. The quantitative estimate of drug-likeness (QED) is 0.843. The number of ether oxygens (including phenoxy) is 2. The molecule has 1 saturated heterocycles. The number of benzene rings is 1. The maximum absolute atomic E-state index is 12.6. The Hall–Kier alpha value is -1.39. The van der Waals surface area contributed by atoms with Crippen LogP contribution in [0.1, 0.15) is 27.9 Å². The molecule has 0 aliphatic carbocycles. The highest BCUT2D eigenvalue weighted by Gasteiger charge is 2.31. The van der Waals surface area contributed by atoms with Crippen molar-refractivity contribution in [3.8, 4) is 5.75 Å². The minimum Gasteiger partial charge on any atom is -0.496 e. The Balaban J connectivity index is 2.27. The molecule has 4 heteroatoms. The van der Waals surface area contributed by atoms with Gasteiger partial charge in [-0.05, 0) is 37.5 Å². The van der Waals surface area contributed by atoms with Crippen molar-refractivity contribution in [3.63, 3.8) is 0 Å². The molecule has 19 heavy (non-hydrogen) atoms. The van der Waals surface area contributed by atoms with Crippen molar-refractivity contribution in [1.29, 1.82) is 0 Å². The monoisotopic (exact) mass is 263 g/mol. The van der Waals surface area contributed by atoms with Crippen molar-refractivity contribution in [1.82, 2.24) is 5.32 Å². The van der Waals surface area contributed by atoms with Gasteiger partial charge in [0.2, 0.25) is 0 Å². The normalized spacial score (nSPS) is 22.5. The Morgan fingerprint density at radius 3 is 2.63 bits per heavy atom. The van der Waals surface area contributed by atoms with Gasteiger partial charge >= 0.3 is 0 Å². The van der Waals surface area contributed by atoms with Crippen LogP contribution in [0.4, 0.5) is 0 Å². The number of rotatable bonds is 4. The summed E-state index contributed by atoms with van der Waals surface area (Å²) in [4.78, 5) is 12.6. The second-order valence-corrected chi connectivity index (χ2v) is 5.01. The van der Waals surface area contributed by atoms with E-state index in [2.05, 4.69) is 5.32 Å². The summed E-state index contributed by atoms with van der Waals surface area (Å²) in [7, 11) is 3.29. The zero-order chi connectivity index (χ0) is 14.0. The summed E-state index contributed by atoms with van der Waals surface area (Å²) in [5.41, 5.74) is 2.80. The van der Waals surface area contributed by atoms with Gasteiger partial charge in [0.25, 0.3) is 0 Å². The summed E-state index contributed by atoms with van der Waals surface area (Å²) in [6, 6.07) is 3.64. The van der Waals surface area contributed by atoms with Crippen molar-refractivity contribution < 1.29 is 14.3 Å². The van der Waals surface area contributed by atoms with E-state index < -0.39 is 0 Å². The van der Waals surface area contributed by atoms with Gasteiger partial charge in [-0.2, -0.15) is 0 Å². The molecule has 4 nitrogen and oxygen atoms in total. The summed E-state index contributed by atoms with van der Waals surface area (Å²) in [6.07, 6.45) is 0.831. The van der Waals surface area contributed by atoms with Crippen LogP contribution in [0.5, 0.6) is 5.75 Å². The molecule has 0 saturated carbocycles. The topological polar surface area (TPSA) is 47.6 Å². The van der Waals surface area contributed by atoms with Gasteiger partial charge in [-0.3, -0.25) is 4.79 Å². The molecule has 104 valence electrons. The number of carbonyl (C=O) groups is 1. The van der Waals surface area contributed by atoms with E-state index in [1.165, 1.54) is 0 Å². The summed E-state index contributed by atoms with van der Waals surface area (Å²) < 4.78 is 10.7. The standard InChI is InChI=1S/C15H21NO3/c1-9-5-6-12(15(19-4)10(9)2)14(17)13-7-11(18-3)8-16-13/h5-6,11,13,16H,7-8H2,1-4H3. The lowest BCUT2D eigenvalue weighted by atomic mass is 9.97. The number of nitrogens with one attached hydrogen (secondary N) is 1. The van der Waals surface area contributed by atoms with Gasteiger partial charge in [0.15, 0.2) is 5.78 Å². The van der Waals surface area contributed by atoms with Crippen molar-refractivity contribution >= 4 is 5.78 Å². The van der Waals surface area contributed by atoms with Crippen molar-refractivity contribution in [3.05, 3.63) is 28.8 Å². The fourth-order valence-electron chi connectivity index (χ4n) is 2.52. The molecular formula is C15H21NO3. The van der Waals surface area contributed by atoms with Gasteiger partial charge in [-0.1, -0.05) is 6.07 Å². The maximum Gasteiger partial charge on any atom is 0.183 e. The smallest absolute Gasteiger partial charge is 0.183 e. The lowest BCUT2D eigenvalue weighted by Gasteiger charge is -2.15. The lowest BCUT2D eigenvalue weighted by molar-refractivity contribution is 0.0916. The third-order valence-corrected chi connectivity index (χ3v) is 3.89. The molecule has 1 aromatic rings. The number of aryl methyl sites for hydroxylation is 1. The summed E-state index contributed by atoms with van der Waals surface area (Å²) in [5, 5.41) is 3.21. The van der Waals surface area contributed by atoms with Crippen molar-refractivity contribution in [2.45, 2.75) is 32.4 Å². The Morgan fingerprint density at radius 1 is 1.32 bits per heavy atom. The Bertz CT molecular complexity index is 485. The van der Waals surface area contributed by atoms with Gasteiger partial charge in [0.05, 0.1) is 24.8 Å². The molecule has 1 aliphatic rings. The molecule has 0 radical (unpaired) electrons. The molecule has 1 N–H and O–H groups in total. The Kier molecular flexibility index (Phi) is 4.22. The van der Waals surface area contributed by atoms with Crippen LogP contribution >= 0.6 is 0 Å². The van der Waals surface area contributed by atoms with E-state index in [9.17, 15) is 4.79 Å². The van der Waals surface area contributed by atoms with Gasteiger partial charge in [-0.15, -0.1) is 0 Å². The third kappa shape index (κ3) is 2.65. The van der Waals surface area contributed by atoms with E-state index in [4.69, 9.17) is 9.47 Å². The predicted octanol–water partition coefficient (Wildman–Crippen LogP) is 1.87. The molecule has 1 aliphatic heterocycles. The highest BCUT2D eigenvalue weighted by molar-refractivity contribution is 6.03. The first-order valence-electron chi connectivity index (χ1n) is 6.53. The number of Topliss-reactive ketones (excluding diaryl/α,β-unsaturated/α-hetero) is 1. The molecule has 2 unspecified atom stereocenters. The van der Waals surface area contributed by atoms with Gasteiger partial charge in [0, 0.05) is 13.7 Å². The second kappa shape index (κ2) is 5.72. The first-order valence-corrected chi connectivity index (χ1v) is 6.53. The summed E-state index contributed by atoms with van der Waals surface area (Å²) in [5.74, 6) is 0.771. The average Bonchev–Trinajstić information content (AvgIpc) is 2.89. The molecule has 1 fully saturated rings. The van der Waals surface area contributed by atoms with Crippen LogP contribution in [0.2, 0.25) is 0 Å². The zero-order valence-electron chi connectivity index (χ0n) is 11.9. The first kappa shape index (κ1) is 14.0. The third-order valence-electron chi connectivity index (χ3n) is 3.89. The molecule has 0 amide bonds. The van der Waals surface area contributed by atoms with Gasteiger partial charge < -0.3 is 14.8 Å². The summed E-state index contributed by atoms with van der Waals surface area (Å²) in [6.45, 7) is 4.71. The number of hydrogen-bond donors (Lipinski definition) is 1. The fraction of sp³-hybridized carbons (Fsp3) is 0.533. The molecule has 0 bridgehead atoms. The number of hydrogen-bond acceptors (Lipinski definition) is 4. The lowest BCUT2D eigenvalue weighted by Crippen LogP contribution is -2.31. The molecule has 2 atom stereocenters. The van der Waals surface area contributed by atoms with Crippen LogP contribution in [0.25, 0.3) is 0 Å². The van der Waals surface area contributed by atoms with E-state index in [0.29, 0.717) is 17.7 Å². The second-order valence-electron chi connectivity index (χ2n) is 5.01. The molecular weight excluding hydrogens is 242 g/mol. The largest absolute Gasteiger partial charge is 0.496 e. The molecule has 0 spiro atoms. The predicted molar refractivity (Wildman–Crippen MR) is 74.0 cm³/mol. The van der Waals surface area contributed by atoms with E-state index in [0.717, 1.165) is 17.7 Å². The first-order chi connectivity index (χ1) is 9.08. The highest BCUT2D eigenvalue weighted by Crippen LogP contribution is 2.28. The van der Waals surface area contributed by atoms with Crippen LogP contribution in [0, 0.1) is 13.8 Å². The average molecular weight is 263 g/mol. The molecule has 1 aromatic carbocycles. The minimum absolute atomic E-state index is 0.0829. The van der Waals surface area contributed by atoms with E-state index in [-0.39, 0.29) is 17.9 Å². The molecule has 2 rings (SSSR count). The number of carbonyl (C=O) groups excluding carboxylic acids is 1. The van der Waals surface area contributed by atoms with Gasteiger partial charge in [-0.25, -0.2) is 0 Å². The number of methoxy groups -OCH3 is 2. The fourth-order valence-corrected chi connectivity index (χ4v) is 2.52. The van der Waals surface area contributed by atoms with Crippen LogP contribution in [-0.2, 0) is 4.74 Å². The molecule has 1 heterocycles. The van der Waals surface area contributed by atoms with Crippen molar-refractivity contribution in [2.75, 3.05) is 20.8 Å². The number of ketones is 1. The molecule has 0 aromatic heterocycles. The zero-order valence-corrected chi connectivity index (χ0v) is 11.9. The van der Waals surface area contributed by atoms with Crippen LogP contribution in [-0.4, -0.2) is 38.7 Å². The van der Waals surface area contributed by atoms with E-state index in [1.807, 2.05) is 26.0 Å². The van der Waals surface area contributed by atoms with Crippen LogP contribution in [0.15, 0.2) is 12.1 Å².